The molecule has 25 heavy (non-hydrogen) atoms. The predicted octanol–water partition coefficient (Wildman–Crippen LogP) is 2.36. The van der Waals surface area contributed by atoms with Crippen LogP contribution in [-0.4, -0.2) is 29.0 Å². The molecule has 0 aromatic heterocycles. The first-order valence-corrected chi connectivity index (χ1v) is 9.63. The van der Waals surface area contributed by atoms with Gasteiger partial charge in [0.15, 0.2) is 0 Å². The molecule has 6 heteroatoms. The Morgan fingerprint density at radius 3 is 2.08 bits per heavy atom. The molecule has 1 aliphatic heterocycles. The fourth-order valence-corrected chi connectivity index (χ4v) is 4.76. The van der Waals surface area contributed by atoms with Gasteiger partial charge < -0.3 is 4.84 Å². The van der Waals surface area contributed by atoms with E-state index in [0.717, 1.165) is 11.5 Å². The molecule has 0 bridgehead atoms. The molecule has 2 amide bonds. The highest BCUT2D eigenvalue weighted by molar-refractivity contribution is 7.72. The zero-order chi connectivity index (χ0) is 17.8. The molecule has 2 aromatic carbocycles. The largest absolute Gasteiger partial charge is 0.363 e. The van der Waals surface area contributed by atoms with Crippen LogP contribution in [-0.2, 0) is 14.4 Å². The third-order valence-electron chi connectivity index (χ3n) is 3.98. The Hall–Kier alpha value is -2.52. The van der Waals surface area contributed by atoms with Crippen LogP contribution < -0.4 is 10.6 Å². The molecule has 0 N–H and O–H groups in total. The topological polar surface area (TPSA) is 63.7 Å². The number of benzene rings is 2. The van der Waals surface area contributed by atoms with E-state index in [1.807, 2.05) is 30.3 Å². The third-order valence-corrected chi connectivity index (χ3v) is 6.45. The molecule has 1 heterocycles. The summed E-state index contributed by atoms with van der Waals surface area (Å²) in [6.45, 7) is 2.14. The molecule has 128 valence electrons. The van der Waals surface area contributed by atoms with Gasteiger partial charge in [-0.1, -0.05) is 49.4 Å². The fourth-order valence-electron chi connectivity index (χ4n) is 2.69. The SMILES string of the molecule is CC[P@](c1ccccc1)c1ccc(C(=O)ON2C(=O)CCC2=O)cc1. The highest BCUT2D eigenvalue weighted by Crippen LogP contribution is 2.32. The third kappa shape index (κ3) is 3.77. The van der Waals surface area contributed by atoms with Crippen LogP contribution in [0.25, 0.3) is 0 Å². The number of rotatable bonds is 5. The number of amides is 2. The lowest BCUT2D eigenvalue weighted by Gasteiger charge is -2.17. The molecule has 0 radical (unpaired) electrons. The van der Waals surface area contributed by atoms with Gasteiger partial charge in [0.05, 0.1) is 5.56 Å². The minimum atomic E-state index is -0.698. The van der Waals surface area contributed by atoms with Crippen LogP contribution in [0.5, 0.6) is 0 Å². The van der Waals surface area contributed by atoms with Gasteiger partial charge in [-0.25, -0.2) is 4.79 Å². The molecule has 1 atom stereocenters. The maximum absolute atomic E-state index is 12.1. The van der Waals surface area contributed by atoms with Crippen molar-refractivity contribution in [2.24, 2.45) is 0 Å². The second kappa shape index (κ2) is 7.58. The molecular formula is C19H18NO4P. The van der Waals surface area contributed by atoms with E-state index in [2.05, 4.69) is 19.1 Å². The van der Waals surface area contributed by atoms with E-state index >= 15 is 0 Å². The van der Waals surface area contributed by atoms with Crippen molar-refractivity contribution in [1.29, 1.82) is 0 Å². The summed E-state index contributed by atoms with van der Waals surface area (Å²) in [5.41, 5.74) is 0.315. The second-order valence-corrected chi connectivity index (χ2v) is 8.11. The quantitative estimate of drug-likeness (QED) is 0.610. The van der Waals surface area contributed by atoms with Gasteiger partial charge >= 0.3 is 5.97 Å². The Morgan fingerprint density at radius 1 is 0.960 bits per heavy atom. The number of nitrogens with zero attached hydrogens (tertiary/aromatic N) is 1. The lowest BCUT2D eigenvalue weighted by molar-refractivity contribution is -0.172. The molecule has 0 saturated carbocycles. The van der Waals surface area contributed by atoms with Crippen LogP contribution in [0.2, 0.25) is 0 Å². The van der Waals surface area contributed by atoms with Crippen LogP contribution in [0.1, 0.15) is 30.1 Å². The van der Waals surface area contributed by atoms with Gasteiger partial charge in [-0.05, 0) is 36.8 Å². The molecule has 2 aromatic rings. The van der Waals surface area contributed by atoms with Gasteiger partial charge in [0, 0.05) is 12.8 Å². The van der Waals surface area contributed by atoms with Crippen LogP contribution in [0, 0.1) is 0 Å². The number of carbonyl (C=O) groups excluding carboxylic acids is 3. The van der Waals surface area contributed by atoms with E-state index in [0.29, 0.717) is 10.6 Å². The molecular weight excluding hydrogens is 337 g/mol. The van der Waals surface area contributed by atoms with E-state index in [1.54, 1.807) is 12.1 Å². The first-order valence-electron chi connectivity index (χ1n) is 8.11. The van der Waals surface area contributed by atoms with Gasteiger partial charge in [0.2, 0.25) is 0 Å². The van der Waals surface area contributed by atoms with Gasteiger partial charge in [-0.15, -0.1) is 5.06 Å². The molecule has 1 fully saturated rings. The van der Waals surface area contributed by atoms with Crippen molar-refractivity contribution in [3.63, 3.8) is 0 Å². The van der Waals surface area contributed by atoms with Crippen LogP contribution in [0.15, 0.2) is 54.6 Å². The van der Waals surface area contributed by atoms with Crippen molar-refractivity contribution in [3.8, 4) is 0 Å². The van der Waals surface area contributed by atoms with Gasteiger partial charge in [0.1, 0.15) is 0 Å². The molecule has 0 aliphatic carbocycles. The zero-order valence-corrected chi connectivity index (χ0v) is 14.7. The number of hydroxylamine groups is 2. The number of hydrogen-bond acceptors (Lipinski definition) is 4. The Balaban J connectivity index is 1.74. The fraction of sp³-hybridized carbons (Fsp3) is 0.211. The van der Waals surface area contributed by atoms with E-state index in [9.17, 15) is 14.4 Å². The van der Waals surface area contributed by atoms with Crippen LogP contribution in [0.4, 0.5) is 0 Å². The zero-order valence-electron chi connectivity index (χ0n) is 13.8. The average Bonchev–Trinajstić information content (AvgIpc) is 2.96. The summed E-state index contributed by atoms with van der Waals surface area (Å²) >= 11 is 0. The second-order valence-electron chi connectivity index (χ2n) is 5.59. The highest BCUT2D eigenvalue weighted by Gasteiger charge is 2.33. The summed E-state index contributed by atoms with van der Waals surface area (Å²) < 4.78 is 0. The lowest BCUT2D eigenvalue weighted by Crippen LogP contribution is -2.32. The maximum Gasteiger partial charge on any atom is 0.363 e. The van der Waals surface area contributed by atoms with Crippen molar-refractivity contribution in [2.45, 2.75) is 19.8 Å². The minimum Gasteiger partial charge on any atom is -0.325 e. The van der Waals surface area contributed by atoms with E-state index in [4.69, 9.17) is 4.84 Å². The van der Waals surface area contributed by atoms with Crippen molar-refractivity contribution in [2.75, 3.05) is 6.16 Å². The highest BCUT2D eigenvalue weighted by atomic mass is 31.1. The Bertz CT molecular complexity index is 773. The Morgan fingerprint density at radius 2 is 1.52 bits per heavy atom. The molecule has 0 spiro atoms. The molecule has 5 nitrogen and oxygen atoms in total. The smallest absolute Gasteiger partial charge is 0.325 e. The molecule has 1 aliphatic rings. The van der Waals surface area contributed by atoms with Crippen molar-refractivity contribution in [1.82, 2.24) is 5.06 Å². The predicted molar refractivity (Wildman–Crippen MR) is 96.1 cm³/mol. The molecule has 0 unspecified atom stereocenters. The summed E-state index contributed by atoms with van der Waals surface area (Å²) in [6.07, 6.45) is 1.17. The summed E-state index contributed by atoms with van der Waals surface area (Å²) in [4.78, 5) is 40.1. The van der Waals surface area contributed by atoms with Crippen molar-refractivity contribution in [3.05, 3.63) is 60.2 Å². The maximum atomic E-state index is 12.1. The minimum absolute atomic E-state index is 0.0862. The van der Waals surface area contributed by atoms with Crippen LogP contribution in [0.3, 0.4) is 0 Å². The van der Waals surface area contributed by atoms with Crippen molar-refractivity contribution >= 4 is 36.3 Å². The average molecular weight is 355 g/mol. The first-order chi connectivity index (χ1) is 12.1. The number of carbonyl (C=O) groups is 3. The summed E-state index contributed by atoms with van der Waals surface area (Å²) in [7, 11) is -0.478. The van der Waals surface area contributed by atoms with Gasteiger partial charge in [-0.2, -0.15) is 0 Å². The standard InChI is InChI=1S/C19H18NO4P/c1-2-25(15-6-4-3-5-7-15)16-10-8-14(9-11-16)19(23)24-20-17(21)12-13-18(20)22/h3-11H,2,12-13H2,1H3/t25-/m1/s1. The van der Waals surface area contributed by atoms with E-state index in [1.165, 1.54) is 5.30 Å². The Labute approximate surface area is 147 Å². The van der Waals surface area contributed by atoms with Gasteiger partial charge in [0.25, 0.3) is 11.8 Å². The van der Waals surface area contributed by atoms with E-state index in [-0.39, 0.29) is 12.8 Å². The normalized spacial score (nSPS) is 15.3. The van der Waals surface area contributed by atoms with Crippen molar-refractivity contribution < 1.29 is 19.2 Å². The summed E-state index contributed by atoms with van der Waals surface area (Å²) in [5, 5.41) is 3.01. The lowest BCUT2D eigenvalue weighted by atomic mass is 10.2. The summed E-state index contributed by atoms with van der Waals surface area (Å²) in [5.74, 6) is -1.65. The summed E-state index contributed by atoms with van der Waals surface area (Å²) in [6, 6.07) is 17.4. The Kier molecular flexibility index (Phi) is 5.25. The number of hydrogen-bond donors (Lipinski definition) is 0. The molecule has 1 saturated heterocycles. The van der Waals surface area contributed by atoms with Gasteiger partial charge in [-0.3, -0.25) is 9.59 Å². The monoisotopic (exact) mass is 355 g/mol. The van der Waals surface area contributed by atoms with Crippen LogP contribution >= 0.6 is 7.92 Å². The molecule has 3 rings (SSSR count). The first kappa shape index (κ1) is 17.3. The number of imide groups is 1. The van der Waals surface area contributed by atoms with E-state index < -0.39 is 25.7 Å².